The molecule has 0 spiro atoms. The number of anilines is 1. The van der Waals surface area contributed by atoms with Crippen LogP contribution in [0.15, 0.2) is 27.8 Å². The summed E-state index contributed by atoms with van der Waals surface area (Å²) in [5.74, 6) is 0.566. The molecule has 5 heteroatoms. The van der Waals surface area contributed by atoms with E-state index in [1.165, 1.54) is 0 Å². The molecule has 0 radical (unpaired) electrons. The number of H-pyrrole nitrogens is 2. The third kappa shape index (κ3) is 2.70. The average Bonchev–Trinajstić information content (AvgIpc) is 2.44. The zero-order chi connectivity index (χ0) is 13.8. The molecule has 0 saturated heterocycles. The van der Waals surface area contributed by atoms with E-state index in [1.807, 2.05) is 6.07 Å². The molecule has 0 unspecified atom stereocenters. The molecule has 1 aromatic heterocycles. The predicted octanol–water partition coefficient (Wildman–Crippen LogP) is 2.06. The minimum absolute atomic E-state index is 0.276. The van der Waals surface area contributed by atoms with Crippen LogP contribution in [-0.2, 0) is 0 Å². The monoisotopic (exact) mass is 261 g/mol. The van der Waals surface area contributed by atoms with Crippen LogP contribution >= 0.6 is 0 Å². The van der Waals surface area contributed by atoms with E-state index < -0.39 is 0 Å². The van der Waals surface area contributed by atoms with Gasteiger partial charge < -0.3 is 5.32 Å². The van der Waals surface area contributed by atoms with E-state index in [0.717, 1.165) is 25.1 Å². The van der Waals surface area contributed by atoms with Gasteiger partial charge in [0.05, 0.1) is 10.8 Å². The second kappa shape index (κ2) is 5.73. The Balaban J connectivity index is 2.42. The summed E-state index contributed by atoms with van der Waals surface area (Å²) in [6.07, 6.45) is 2.18. The quantitative estimate of drug-likeness (QED) is 0.771. The minimum Gasteiger partial charge on any atom is -0.384 e. The number of nitrogens with one attached hydrogen (secondary N) is 3. The summed E-state index contributed by atoms with van der Waals surface area (Å²) < 4.78 is 0. The van der Waals surface area contributed by atoms with Gasteiger partial charge in [-0.3, -0.25) is 19.8 Å². The van der Waals surface area contributed by atoms with Crippen LogP contribution in [0.2, 0.25) is 0 Å². The number of aromatic nitrogens is 2. The van der Waals surface area contributed by atoms with Gasteiger partial charge in [0.1, 0.15) is 0 Å². The molecule has 0 atom stereocenters. The molecule has 0 aliphatic heterocycles. The molecule has 0 aliphatic rings. The largest absolute Gasteiger partial charge is 0.384 e. The van der Waals surface area contributed by atoms with Crippen LogP contribution in [0.5, 0.6) is 0 Å². The zero-order valence-corrected chi connectivity index (χ0v) is 11.2. The van der Waals surface area contributed by atoms with E-state index in [2.05, 4.69) is 29.4 Å². The van der Waals surface area contributed by atoms with Gasteiger partial charge in [0, 0.05) is 12.2 Å². The molecule has 5 nitrogen and oxygen atoms in total. The smallest absolute Gasteiger partial charge is 0.272 e. The van der Waals surface area contributed by atoms with Gasteiger partial charge in [-0.15, -0.1) is 0 Å². The van der Waals surface area contributed by atoms with Gasteiger partial charge in [0.15, 0.2) is 0 Å². The maximum absolute atomic E-state index is 11.9. The first-order valence-electron chi connectivity index (χ1n) is 6.64. The standard InChI is InChI=1S/C14H19N3O2/c1-3-9(4-2)8-15-11-7-5-6-10-12(11)14(19)17-16-13(10)18/h5-7,9,15H,3-4,8H2,1-2H3,(H,16,18)(H,17,19). The van der Waals surface area contributed by atoms with Crippen LogP contribution in [0.1, 0.15) is 26.7 Å². The maximum Gasteiger partial charge on any atom is 0.272 e. The lowest BCUT2D eigenvalue weighted by molar-refractivity contribution is 0.519. The van der Waals surface area contributed by atoms with Crippen molar-refractivity contribution >= 4 is 16.5 Å². The predicted molar refractivity (Wildman–Crippen MR) is 77.8 cm³/mol. The first kappa shape index (κ1) is 13.4. The summed E-state index contributed by atoms with van der Waals surface area (Å²) in [5.41, 5.74) is 0.166. The van der Waals surface area contributed by atoms with Gasteiger partial charge in [-0.2, -0.15) is 0 Å². The average molecular weight is 261 g/mol. The van der Waals surface area contributed by atoms with Crippen molar-refractivity contribution in [3.05, 3.63) is 38.9 Å². The third-order valence-corrected chi connectivity index (χ3v) is 3.56. The molecule has 0 saturated carbocycles. The molecule has 1 aromatic carbocycles. The Bertz CT molecular complexity index is 668. The van der Waals surface area contributed by atoms with Crippen molar-refractivity contribution in [1.29, 1.82) is 0 Å². The van der Waals surface area contributed by atoms with E-state index >= 15 is 0 Å². The van der Waals surface area contributed by atoms with Crippen molar-refractivity contribution in [2.75, 3.05) is 11.9 Å². The highest BCUT2D eigenvalue weighted by atomic mass is 16.1. The highest BCUT2D eigenvalue weighted by Gasteiger charge is 2.09. The van der Waals surface area contributed by atoms with Gasteiger partial charge >= 0.3 is 0 Å². The second-order valence-electron chi connectivity index (χ2n) is 4.70. The lowest BCUT2D eigenvalue weighted by Gasteiger charge is -2.15. The summed E-state index contributed by atoms with van der Waals surface area (Å²) >= 11 is 0. The Kier molecular flexibility index (Phi) is 4.04. The summed E-state index contributed by atoms with van der Waals surface area (Å²) in [4.78, 5) is 23.5. The Labute approximate surface area is 111 Å². The van der Waals surface area contributed by atoms with Crippen molar-refractivity contribution < 1.29 is 0 Å². The summed E-state index contributed by atoms with van der Waals surface area (Å²) in [6.45, 7) is 5.10. The topological polar surface area (TPSA) is 77.8 Å². The van der Waals surface area contributed by atoms with Crippen molar-refractivity contribution in [3.63, 3.8) is 0 Å². The van der Waals surface area contributed by atoms with Gasteiger partial charge in [0.25, 0.3) is 11.1 Å². The van der Waals surface area contributed by atoms with Crippen LogP contribution in [0.4, 0.5) is 5.69 Å². The molecule has 0 aliphatic carbocycles. The Morgan fingerprint density at radius 2 is 1.79 bits per heavy atom. The molecule has 0 bridgehead atoms. The SMILES string of the molecule is CCC(CC)CNc1cccc2c(=O)[nH][nH]c(=O)c12. The third-order valence-electron chi connectivity index (χ3n) is 3.56. The van der Waals surface area contributed by atoms with E-state index in [0.29, 0.717) is 16.7 Å². The Hall–Kier alpha value is -2.04. The molecule has 0 fully saturated rings. The molecule has 3 N–H and O–H groups in total. The molecule has 2 rings (SSSR count). The Morgan fingerprint density at radius 1 is 1.11 bits per heavy atom. The number of benzene rings is 1. The number of hydrogen-bond acceptors (Lipinski definition) is 3. The summed E-state index contributed by atoms with van der Waals surface area (Å²) in [6, 6.07) is 5.28. The van der Waals surface area contributed by atoms with Gasteiger partial charge in [-0.05, 0) is 18.1 Å². The van der Waals surface area contributed by atoms with Crippen molar-refractivity contribution in [2.45, 2.75) is 26.7 Å². The number of aromatic amines is 2. The van der Waals surface area contributed by atoms with Gasteiger partial charge in [-0.1, -0.05) is 32.8 Å². The van der Waals surface area contributed by atoms with Crippen molar-refractivity contribution in [1.82, 2.24) is 10.2 Å². The molecule has 102 valence electrons. The summed E-state index contributed by atoms with van der Waals surface area (Å²) in [5, 5.41) is 8.83. The molecule has 0 amide bonds. The number of rotatable bonds is 5. The lowest BCUT2D eigenvalue weighted by atomic mass is 10.0. The molecular formula is C14H19N3O2. The molecule has 1 heterocycles. The molecular weight excluding hydrogens is 242 g/mol. The van der Waals surface area contributed by atoms with Crippen LogP contribution < -0.4 is 16.4 Å². The van der Waals surface area contributed by atoms with Crippen LogP contribution in [0.3, 0.4) is 0 Å². The fourth-order valence-corrected chi connectivity index (χ4v) is 2.21. The van der Waals surface area contributed by atoms with Crippen LogP contribution in [0.25, 0.3) is 10.8 Å². The highest BCUT2D eigenvalue weighted by Crippen LogP contribution is 2.18. The maximum atomic E-state index is 11.9. The van der Waals surface area contributed by atoms with Crippen LogP contribution in [0, 0.1) is 5.92 Å². The molecule has 2 aromatic rings. The number of fused-ring (bicyclic) bond motifs is 1. The highest BCUT2D eigenvalue weighted by molar-refractivity contribution is 5.92. The minimum atomic E-state index is -0.277. The van der Waals surface area contributed by atoms with E-state index in [1.54, 1.807) is 12.1 Å². The van der Waals surface area contributed by atoms with Gasteiger partial charge in [-0.25, -0.2) is 0 Å². The van der Waals surface area contributed by atoms with Crippen molar-refractivity contribution in [2.24, 2.45) is 5.92 Å². The number of hydrogen-bond donors (Lipinski definition) is 3. The fraction of sp³-hybridized carbons (Fsp3) is 0.429. The molecule has 19 heavy (non-hydrogen) atoms. The van der Waals surface area contributed by atoms with Crippen molar-refractivity contribution in [3.8, 4) is 0 Å². The second-order valence-corrected chi connectivity index (χ2v) is 4.70. The Morgan fingerprint density at radius 3 is 2.47 bits per heavy atom. The van der Waals surface area contributed by atoms with E-state index in [9.17, 15) is 9.59 Å². The zero-order valence-electron chi connectivity index (χ0n) is 11.2. The fourth-order valence-electron chi connectivity index (χ4n) is 2.21. The van der Waals surface area contributed by atoms with Crippen LogP contribution in [-0.4, -0.2) is 16.7 Å². The normalized spacial score (nSPS) is 11.1. The summed E-state index contributed by atoms with van der Waals surface area (Å²) in [7, 11) is 0. The van der Waals surface area contributed by atoms with E-state index in [4.69, 9.17) is 0 Å². The first-order valence-corrected chi connectivity index (χ1v) is 6.64. The first-order chi connectivity index (χ1) is 9.17. The van der Waals surface area contributed by atoms with Gasteiger partial charge in [0.2, 0.25) is 0 Å². The van der Waals surface area contributed by atoms with E-state index in [-0.39, 0.29) is 11.1 Å². The lowest BCUT2D eigenvalue weighted by Crippen LogP contribution is -2.21.